The largest absolute Gasteiger partial charge is 0.369 e. The van der Waals surface area contributed by atoms with Crippen molar-refractivity contribution >= 4 is 35.0 Å². The standard InChI is InChI=1S/C30H38ClN7O/c1-4-26(38-18-15-30(3,16-19-38)22-8-10-23(31)11-9-22)27(34-5-2)37-29(32)36-24-12-6-21(7-13-24)28(39)35-25-14-17-33-20-25/h4-13,25,33H,2,14-20H2,1,3H3,(H,35,39)(H3,32,34,36,37)/b26-4+. The number of piperidine rings is 1. The minimum absolute atomic E-state index is 0.0799. The number of nitrogens with zero attached hydrogens (tertiary/aromatic N) is 3. The second kappa shape index (κ2) is 13.0. The Morgan fingerprint density at radius 2 is 1.87 bits per heavy atom. The number of likely N-dealkylation sites (tertiary alicyclic amines) is 1. The van der Waals surface area contributed by atoms with Gasteiger partial charge in [0.1, 0.15) is 0 Å². The second-order valence-corrected chi connectivity index (χ2v) is 10.7. The van der Waals surface area contributed by atoms with Gasteiger partial charge in [0.05, 0.1) is 5.70 Å². The van der Waals surface area contributed by atoms with Crippen molar-refractivity contribution in [2.24, 2.45) is 15.7 Å². The van der Waals surface area contributed by atoms with E-state index in [0.717, 1.165) is 61.8 Å². The molecule has 2 aliphatic heterocycles. The highest BCUT2D eigenvalue weighted by molar-refractivity contribution is 6.30. The van der Waals surface area contributed by atoms with Gasteiger partial charge in [0.2, 0.25) is 0 Å². The van der Waals surface area contributed by atoms with Crippen molar-refractivity contribution in [3.63, 3.8) is 0 Å². The van der Waals surface area contributed by atoms with Crippen LogP contribution in [-0.2, 0) is 5.41 Å². The van der Waals surface area contributed by atoms with E-state index in [-0.39, 0.29) is 23.3 Å². The molecule has 0 bridgehead atoms. The number of aliphatic imine (C=N–C) groups is 2. The second-order valence-electron chi connectivity index (χ2n) is 10.2. The van der Waals surface area contributed by atoms with Gasteiger partial charge < -0.3 is 26.6 Å². The molecule has 1 unspecified atom stereocenters. The normalized spacial score (nSPS) is 20.0. The summed E-state index contributed by atoms with van der Waals surface area (Å²) in [6, 6.07) is 15.5. The first-order valence-corrected chi connectivity index (χ1v) is 13.8. The molecule has 2 fully saturated rings. The lowest BCUT2D eigenvalue weighted by Crippen LogP contribution is -2.42. The van der Waals surface area contributed by atoms with Crippen LogP contribution in [0.15, 0.2) is 83.1 Å². The molecule has 0 aliphatic carbocycles. The number of carbonyl (C=O) groups excluding carboxylic acids is 1. The van der Waals surface area contributed by atoms with Gasteiger partial charge in [-0.05, 0) is 80.1 Å². The summed E-state index contributed by atoms with van der Waals surface area (Å²) in [6.45, 7) is 11.5. The van der Waals surface area contributed by atoms with E-state index in [2.05, 4.69) is 56.5 Å². The smallest absolute Gasteiger partial charge is 0.251 e. The van der Waals surface area contributed by atoms with E-state index in [1.807, 2.05) is 37.3 Å². The number of guanidine groups is 1. The first-order valence-electron chi connectivity index (χ1n) is 13.4. The molecule has 2 heterocycles. The molecule has 8 nitrogen and oxygen atoms in total. The number of anilines is 1. The predicted molar refractivity (Wildman–Crippen MR) is 161 cm³/mol. The molecule has 4 rings (SSSR count). The van der Waals surface area contributed by atoms with E-state index in [4.69, 9.17) is 17.3 Å². The van der Waals surface area contributed by atoms with E-state index >= 15 is 0 Å². The van der Waals surface area contributed by atoms with Crippen molar-refractivity contribution in [2.45, 2.75) is 44.6 Å². The SMILES string of the molecule is C=CN=C(N=C(N)Nc1ccc(C(=O)NC2CCNC2)cc1)/C(=C\C)N1CCC(C)(c2ccc(Cl)cc2)CC1. The molecule has 1 atom stereocenters. The number of rotatable bonds is 7. The first-order chi connectivity index (χ1) is 18.8. The molecule has 9 heteroatoms. The number of nitrogens with two attached hydrogens (primary N) is 1. The molecule has 5 N–H and O–H groups in total. The zero-order chi connectivity index (χ0) is 27.8. The Morgan fingerprint density at radius 3 is 2.46 bits per heavy atom. The summed E-state index contributed by atoms with van der Waals surface area (Å²) in [5, 5.41) is 10.2. The van der Waals surface area contributed by atoms with E-state index < -0.39 is 0 Å². The predicted octanol–water partition coefficient (Wildman–Crippen LogP) is 4.66. The van der Waals surface area contributed by atoms with Gasteiger partial charge in [-0.1, -0.05) is 43.3 Å². The minimum Gasteiger partial charge on any atom is -0.369 e. The Morgan fingerprint density at radius 1 is 1.18 bits per heavy atom. The third kappa shape index (κ3) is 7.28. The van der Waals surface area contributed by atoms with Crippen LogP contribution in [0.3, 0.4) is 0 Å². The number of amides is 1. The van der Waals surface area contributed by atoms with Crippen molar-refractivity contribution in [2.75, 3.05) is 31.5 Å². The fraction of sp³-hybridized carbons (Fsp3) is 0.367. The molecule has 1 amide bonds. The Balaban J connectivity index is 1.39. The maximum absolute atomic E-state index is 12.5. The summed E-state index contributed by atoms with van der Waals surface area (Å²) in [5.41, 5.74) is 9.90. The quantitative estimate of drug-likeness (QED) is 0.298. The molecule has 0 spiro atoms. The summed E-state index contributed by atoms with van der Waals surface area (Å²) >= 11 is 6.10. The molecule has 2 aromatic rings. The van der Waals surface area contributed by atoms with Crippen LogP contribution in [0.5, 0.6) is 0 Å². The van der Waals surface area contributed by atoms with Crippen LogP contribution in [0.25, 0.3) is 0 Å². The number of nitrogens with one attached hydrogen (secondary N) is 3. The Kier molecular flexibility index (Phi) is 9.43. The molecular formula is C30H38ClN7O. The summed E-state index contributed by atoms with van der Waals surface area (Å²) in [6.07, 6.45) is 6.41. The Hall–Kier alpha value is -3.62. The summed E-state index contributed by atoms with van der Waals surface area (Å²) in [4.78, 5) is 23.8. The minimum atomic E-state index is -0.0799. The zero-order valence-electron chi connectivity index (χ0n) is 22.7. The molecule has 2 aliphatic rings. The average Bonchev–Trinajstić information content (AvgIpc) is 3.44. The van der Waals surface area contributed by atoms with Gasteiger partial charge in [-0.3, -0.25) is 4.79 Å². The molecule has 39 heavy (non-hydrogen) atoms. The molecule has 0 aromatic heterocycles. The van der Waals surface area contributed by atoms with Crippen LogP contribution in [0.4, 0.5) is 5.69 Å². The van der Waals surface area contributed by atoms with Gasteiger partial charge in [0, 0.05) is 48.1 Å². The van der Waals surface area contributed by atoms with Crippen LogP contribution >= 0.6 is 11.6 Å². The van der Waals surface area contributed by atoms with Gasteiger partial charge in [0.15, 0.2) is 11.8 Å². The summed E-state index contributed by atoms with van der Waals surface area (Å²) in [5.74, 6) is 0.615. The number of hydrogen-bond acceptors (Lipinski definition) is 4. The highest BCUT2D eigenvalue weighted by Gasteiger charge is 2.33. The van der Waals surface area contributed by atoms with Crippen LogP contribution in [-0.4, -0.2) is 54.8 Å². The van der Waals surface area contributed by atoms with Gasteiger partial charge in [-0.25, -0.2) is 4.99 Å². The molecule has 2 saturated heterocycles. The lowest BCUT2D eigenvalue weighted by Gasteiger charge is -2.41. The van der Waals surface area contributed by atoms with Crippen molar-refractivity contribution in [3.8, 4) is 0 Å². The fourth-order valence-electron chi connectivity index (χ4n) is 5.12. The van der Waals surface area contributed by atoms with Gasteiger partial charge in [-0.2, -0.15) is 4.99 Å². The molecular weight excluding hydrogens is 510 g/mol. The Bertz CT molecular complexity index is 1240. The third-order valence-corrected chi connectivity index (χ3v) is 7.76. The van der Waals surface area contributed by atoms with Crippen molar-refractivity contribution in [3.05, 3.63) is 89.2 Å². The maximum Gasteiger partial charge on any atom is 0.251 e. The number of halogens is 1. The number of benzene rings is 2. The Labute approximate surface area is 236 Å². The number of allylic oxidation sites excluding steroid dienone is 1. The molecule has 206 valence electrons. The van der Waals surface area contributed by atoms with Crippen molar-refractivity contribution < 1.29 is 4.79 Å². The fourth-order valence-corrected chi connectivity index (χ4v) is 5.24. The lowest BCUT2D eigenvalue weighted by molar-refractivity contribution is 0.0940. The van der Waals surface area contributed by atoms with E-state index in [0.29, 0.717) is 11.4 Å². The van der Waals surface area contributed by atoms with E-state index in [1.54, 1.807) is 12.1 Å². The van der Waals surface area contributed by atoms with E-state index in [9.17, 15) is 4.79 Å². The van der Waals surface area contributed by atoms with Gasteiger partial charge in [-0.15, -0.1) is 0 Å². The third-order valence-electron chi connectivity index (χ3n) is 7.51. The zero-order valence-corrected chi connectivity index (χ0v) is 23.5. The monoisotopic (exact) mass is 547 g/mol. The highest BCUT2D eigenvalue weighted by Crippen LogP contribution is 2.36. The molecule has 2 aromatic carbocycles. The number of hydrogen-bond donors (Lipinski definition) is 4. The lowest BCUT2D eigenvalue weighted by atomic mass is 9.74. The van der Waals surface area contributed by atoms with Crippen LogP contribution < -0.4 is 21.7 Å². The average molecular weight is 548 g/mol. The molecule has 0 radical (unpaired) electrons. The van der Waals surface area contributed by atoms with Gasteiger partial charge >= 0.3 is 0 Å². The summed E-state index contributed by atoms with van der Waals surface area (Å²) < 4.78 is 0. The maximum atomic E-state index is 12.5. The van der Waals surface area contributed by atoms with Gasteiger partial charge in [0.25, 0.3) is 5.91 Å². The van der Waals surface area contributed by atoms with Crippen molar-refractivity contribution in [1.82, 2.24) is 15.5 Å². The van der Waals surface area contributed by atoms with Crippen molar-refractivity contribution in [1.29, 1.82) is 0 Å². The topological polar surface area (TPSA) is 107 Å². The number of carbonyl (C=O) groups is 1. The first kappa shape index (κ1) is 28.4. The highest BCUT2D eigenvalue weighted by atomic mass is 35.5. The summed E-state index contributed by atoms with van der Waals surface area (Å²) in [7, 11) is 0. The van der Waals surface area contributed by atoms with Crippen LogP contribution in [0.1, 0.15) is 49.0 Å². The molecule has 0 saturated carbocycles. The van der Waals surface area contributed by atoms with E-state index in [1.165, 1.54) is 11.8 Å². The number of amidine groups is 1. The van der Waals surface area contributed by atoms with Crippen LogP contribution in [0.2, 0.25) is 5.02 Å². The van der Waals surface area contributed by atoms with Crippen LogP contribution in [0, 0.1) is 0 Å².